The van der Waals surface area contributed by atoms with E-state index in [-0.39, 0.29) is 28.6 Å². The van der Waals surface area contributed by atoms with E-state index in [1.807, 2.05) is 43.3 Å². The highest BCUT2D eigenvalue weighted by molar-refractivity contribution is 7.85. The smallest absolute Gasteiger partial charge is 0.255 e. The minimum Gasteiger partial charge on any atom is -0.455 e. The fraction of sp³-hybridized carbons (Fsp3) is 0.176. The number of halogens is 2. The Hall–Kier alpha value is -4.87. The summed E-state index contributed by atoms with van der Waals surface area (Å²) in [7, 11) is 5.70. The molecule has 0 saturated carbocycles. The van der Waals surface area contributed by atoms with E-state index in [1.165, 1.54) is 25.2 Å². The maximum Gasteiger partial charge on any atom is 0.255 e. The van der Waals surface area contributed by atoms with Crippen LogP contribution in [0, 0.1) is 11.6 Å². The lowest BCUT2D eigenvalue weighted by molar-refractivity contribution is 0.0964. The van der Waals surface area contributed by atoms with Crippen molar-refractivity contribution in [3.05, 3.63) is 95.6 Å². The van der Waals surface area contributed by atoms with Crippen molar-refractivity contribution < 1.29 is 26.6 Å². The van der Waals surface area contributed by atoms with Gasteiger partial charge in [-0.05, 0) is 73.8 Å². The molecule has 0 aliphatic rings. The molecule has 0 aliphatic carbocycles. The first-order valence-corrected chi connectivity index (χ1v) is 15.6. The van der Waals surface area contributed by atoms with Gasteiger partial charge in [-0.25, -0.2) is 18.0 Å². The molecular weight excluding hydrogens is 598 g/mol. The lowest BCUT2D eigenvalue weighted by Crippen LogP contribution is -2.20. The highest BCUT2D eigenvalue weighted by Crippen LogP contribution is 2.42. The second-order valence-corrected chi connectivity index (χ2v) is 12.3. The maximum atomic E-state index is 14.6. The number of para-hydroxylation sites is 1. The minimum absolute atomic E-state index is 0.138. The van der Waals surface area contributed by atoms with Crippen molar-refractivity contribution in [2.75, 3.05) is 38.8 Å². The summed E-state index contributed by atoms with van der Waals surface area (Å²) in [6.45, 7) is 0.561. The molecule has 1 N–H and O–H groups in total. The number of aromatic nitrogens is 1. The molecule has 6 aromatic rings. The number of amides is 1. The molecule has 1 atom stereocenters. The van der Waals surface area contributed by atoms with Crippen LogP contribution in [0.4, 0.5) is 14.5 Å². The third-order valence-electron chi connectivity index (χ3n) is 7.60. The fourth-order valence-electron chi connectivity index (χ4n) is 5.37. The fourth-order valence-corrected chi connectivity index (χ4v) is 5.80. The molecule has 11 heteroatoms. The van der Waals surface area contributed by atoms with Crippen molar-refractivity contribution in [2.45, 2.75) is 6.54 Å². The zero-order valence-corrected chi connectivity index (χ0v) is 26.1. The Morgan fingerprint density at radius 2 is 1.64 bits per heavy atom. The second-order valence-electron chi connectivity index (χ2n) is 10.9. The Morgan fingerprint density at radius 3 is 2.31 bits per heavy atom. The van der Waals surface area contributed by atoms with Crippen molar-refractivity contribution in [1.82, 2.24) is 15.2 Å². The molecule has 1 amide bonds. The Morgan fingerprint density at radius 1 is 0.911 bits per heavy atom. The van der Waals surface area contributed by atoms with Crippen molar-refractivity contribution in [2.24, 2.45) is 0 Å². The number of furan rings is 1. The van der Waals surface area contributed by atoms with Crippen LogP contribution in [0.3, 0.4) is 0 Å². The first-order chi connectivity index (χ1) is 21.5. The Labute approximate surface area is 260 Å². The lowest BCUT2D eigenvalue weighted by atomic mass is 9.95. The molecular formula is C34H30F2N4O4S. The van der Waals surface area contributed by atoms with Crippen LogP contribution in [0.15, 0.2) is 81.6 Å². The van der Waals surface area contributed by atoms with Crippen LogP contribution in [0.25, 0.3) is 56.0 Å². The number of hydrogen-bond acceptors (Lipinski definition) is 6. The number of rotatable bonds is 8. The SMILES string of the molecule is CNC(=O)c1c(-c2ccc(F)cc2)oc2cc(N(C)S(C)=O)c(-c3ccc(CN(C)C)c(-c4nc5c(F)cccc5o4)c3)cc12. The molecule has 0 spiro atoms. The third kappa shape index (κ3) is 5.60. The van der Waals surface area contributed by atoms with Gasteiger partial charge in [0.15, 0.2) is 11.4 Å². The maximum absolute atomic E-state index is 14.6. The monoisotopic (exact) mass is 628 g/mol. The van der Waals surface area contributed by atoms with Gasteiger partial charge in [-0.15, -0.1) is 0 Å². The summed E-state index contributed by atoms with van der Waals surface area (Å²) in [5.74, 6) is -0.732. The van der Waals surface area contributed by atoms with Crippen LogP contribution in [0.5, 0.6) is 0 Å². The number of hydrogen-bond donors (Lipinski definition) is 1. The summed E-state index contributed by atoms with van der Waals surface area (Å²) in [5.41, 5.74) is 5.20. The average Bonchev–Trinajstić information content (AvgIpc) is 3.62. The molecule has 1 unspecified atom stereocenters. The second kappa shape index (κ2) is 11.9. The van der Waals surface area contributed by atoms with Crippen LogP contribution < -0.4 is 9.62 Å². The van der Waals surface area contributed by atoms with E-state index < -0.39 is 22.6 Å². The van der Waals surface area contributed by atoms with Gasteiger partial charge in [-0.3, -0.25) is 9.10 Å². The van der Waals surface area contributed by atoms with Gasteiger partial charge in [-0.1, -0.05) is 18.2 Å². The molecule has 6 rings (SSSR count). The average molecular weight is 629 g/mol. The molecule has 8 nitrogen and oxygen atoms in total. The number of anilines is 1. The Bertz CT molecular complexity index is 2100. The van der Waals surface area contributed by atoms with Crippen molar-refractivity contribution >= 4 is 44.6 Å². The van der Waals surface area contributed by atoms with Gasteiger partial charge in [0.25, 0.3) is 5.91 Å². The van der Waals surface area contributed by atoms with Crippen molar-refractivity contribution in [1.29, 1.82) is 0 Å². The number of benzene rings is 4. The van der Waals surface area contributed by atoms with Gasteiger partial charge in [0.2, 0.25) is 5.89 Å². The standard InChI is InChI=1S/C34H30F2N4O4S/c1-37-33(41)30-25-16-23(27(40(4)45(5)42)17-29(25)43-32(30)19-11-13-22(35)14-12-19)20-9-10-21(18-39(2)3)24(15-20)34-38-31-26(36)7-6-8-28(31)44-34/h6-17H,18H2,1-5H3,(H,37,41). The quantitative estimate of drug-likeness (QED) is 0.195. The van der Waals surface area contributed by atoms with Crippen LogP contribution in [0.1, 0.15) is 15.9 Å². The van der Waals surface area contributed by atoms with Crippen LogP contribution in [0.2, 0.25) is 0 Å². The topological polar surface area (TPSA) is 91.8 Å². The zero-order chi connectivity index (χ0) is 32.0. The van der Waals surface area contributed by atoms with Crippen LogP contribution in [-0.2, 0) is 17.5 Å². The van der Waals surface area contributed by atoms with Crippen molar-refractivity contribution in [3.8, 4) is 33.9 Å². The molecule has 2 heterocycles. The number of carbonyl (C=O) groups is 1. The van der Waals surface area contributed by atoms with E-state index in [0.717, 1.165) is 11.1 Å². The molecule has 2 aromatic heterocycles. The lowest BCUT2D eigenvalue weighted by Gasteiger charge is -2.21. The van der Waals surface area contributed by atoms with Crippen LogP contribution >= 0.6 is 0 Å². The third-order valence-corrected chi connectivity index (χ3v) is 8.57. The van der Waals surface area contributed by atoms with E-state index >= 15 is 0 Å². The number of oxazole rings is 1. The molecule has 230 valence electrons. The highest BCUT2D eigenvalue weighted by atomic mass is 32.2. The van der Waals surface area contributed by atoms with Gasteiger partial charge < -0.3 is 19.1 Å². The van der Waals surface area contributed by atoms with Gasteiger partial charge >= 0.3 is 0 Å². The van der Waals surface area contributed by atoms with E-state index in [0.29, 0.717) is 45.5 Å². The zero-order valence-electron chi connectivity index (χ0n) is 25.3. The largest absolute Gasteiger partial charge is 0.455 e. The van der Waals surface area contributed by atoms with E-state index in [9.17, 15) is 17.8 Å². The van der Waals surface area contributed by atoms with Gasteiger partial charge in [0.1, 0.15) is 33.7 Å². The van der Waals surface area contributed by atoms with Gasteiger partial charge in [-0.2, -0.15) is 0 Å². The predicted molar refractivity (Wildman–Crippen MR) is 173 cm³/mol. The first-order valence-electron chi connectivity index (χ1n) is 14.0. The van der Waals surface area contributed by atoms with Crippen molar-refractivity contribution in [3.63, 3.8) is 0 Å². The summed E-state index contributed by atoms with van der Waals surface area (Å²) in [6, 6.07) is 19.6. The number of fused-ring (bicyclic) bond motifs is 2. The molecule has 0 bridgehead atoms. The predicted octanol–water partition coefficient (Wildman–Crippen LogP) is 7.00. The molecule has 0 fully saturated rings. The summed E-state index contributed by atoms with van der Waals surface area (Å²) in [6.07, 6.45) is 1.56. The van der Waals surface area contributed by atoms with Gasteiger partial charge in [0.05, 0.1) is 11.3 Å². The normalized spacial score (nSPS) is 12.3. The van der Waals surface area contributed by atoms with Crippen LogP contribution in [-0.4, -0.2) is 54.4 Å². The number of carbonyl (C=O) groups excluding carboxylic acids is 1. The molecule has 4 aromatic carbocycles. The minimum atomic E-state index is -1.41. The first kappa shape index (κ1) is 30.2. The summed E-state index contributed by atoms with van der Waals surface area (Å²) < 4.78 is 55.0. The Kier molecular flexibility index (Phi) is 7.98. The summed E-state index contributed by atoms with van der Waals surface area (Å²) in [4.78, 5) is 19.8. The van der Waals surface area contributed by atoms with E-state index in [1.54, 1.807) is 47.9 Å². The summed E-state index contributed by atoms with van der Waals surface area (Å²) in [5, 5.41) is 3.20. The number of nitrogens with zero attached hydrogens (tertiary/aromatic N) is 3. The Balaban J connectivity index is 1.62. The highest BCUT2D eigenvalue weighted by Gasteiger charge is 2.26. The van der Waals surface area contributed by atoms with Gasteiger partial charge in [0, 0.05) is 55.0 Å². The molecule has 0 radical (unpaired) electrons. The number of nitrogens with one attached hydrogen (secondary N) is 1. The van der Waals surface area contributed by atoms with E-state index in [4.69, 9.17) is 8.83 Å². The van der Waals surface area contributed by atoms with E-state index in [2.05, 4.69) is 10.3 Å². The molecule has 0 saturated heterocycles. The molecule has 0 aliphatic heterocycles. The summed E-state index contributed by atoms with van der Waals surface area (Å²) >= 11 is 0. The molecule has 45 heavy (non-hydrogen) atoms.